The molecule has 3 nitrogen and oxygen atoms in total. The molecule has 14 heavy (non-hydrogen) atoms. The Morgan fingerprint density at radius 3 is 2.79 bits per heavy atom. The molecule has 1 fully saturated rings. The van der Waals surface area contributed by atoms with Crippen LogP contribution >= 0.6 is 0 Å². The predicted octanol–water partition coefficient (Wildman–Crippen LogP) is 1.70. The van der Waals surface area contributed by atoms with Crippen molar-refractivity contribution in [3.8, 4) is 0 Å². The van der Waals surface area contributed by atoms with Crippen molar-refractivity contribution in [2.45, 2.75) is 57.3 Å². The molecular weight excluding hydrogens is 178 g/mol. The van der Waals surface area contributed by atoms with Gasteiger partial charge in [-0.25, -0.2) is 0 Å². The summed E-state index contributed by atoms with van der Waals surface area (Å²) in [5, 5.41) is 0. The molecule has 3 heteroatoms. The summed E-state index contributed by atoms with van der Waals surface area (Å²) in [6.07, 6.45) is 4.81. The zero-order valence-corrected chi connectivity index (χ0v) is 9.58. The molecule has 0 aromatic rings. The molecule has 0 aliphatic carbocycles. The van der Waals surface area contributed by atoms with Gasteiger partial charge in [0.05, 0.1) is 18.3 Å². The van der Waals surface area contributed by atoms with Crippen LogP contribution in [0.25, 0.3) is 0 Å². The van der Waals surface area contributed by atoms with Crippen LogP contribution in [0, 0.1) is 0 Å². The Hall–Kier alpha value is -0.120. The molecule has 1 rings (SSSR count). The van der Waals surface area contributed by atoms with Gasteiger partial charge in [0.15, 0.2) is 0 Å². The molecule has 1 aliphatic heterocycles. The number of methoxy groups -OCH3 is 1. The van der Waals surface area contributed by atoms with Crippen LogP contribution in [0.4, 0.5) is 0 Å². The number of hydrogen-bond donors (Lipinski definition) is 1. The number of hydrogen-bond acceptors (Lipinski definition) is 3. The molecular formula is C11H23NO2. The van der Waals surface area contributed by atoms with Crippen molar-refractivity contribution in [2.24, 2.45) is 5.73 Å². The lowest BCUT2D eigenvalue weighted by Gasteiger charge is -2.20. The summed E-state index contributed by atoms with van der Waals surface area (Å²) in [6, 6.07) is 0.160. The van der Waals surface area contributed by atoms with Crippen LogP contribution in [-0.2, 0) is 9.47 Å². The lowest BCUT2D eigenvalue weighted by Crippen LogP contribution is -2.27. The highest BCUT2D eigenvalue weighted by atomic mass is 16.5. The third kappa shape index (κ3) is 3.95. The van der Waals surface area contributed by atoms with Crippen LogP contribution in [0.3, 0.4) is 0 Å². The Morgan fingerprint density at radius 1 is 1.57 bits per heavy atom. The SMILES string of the molecule is COCC(N)CCC1CCC(C)(C)O1. The predicted molar refractivity (Wildman–Crippen MR) is 57.3 cm³/mol. The van der Waals surface area contributed by atoms with E-state index in [4.69, 9.17) is 15.2 Å². The van der Waals surface area contributed by atoms with Crippen molar-refractivity contribution < 1.29 is 9.47 Å². The molecule has 0 radical (unpaired) electrons. The summed E-state index contributed by atoms with van der Waals surface area (Å²) in [7, 11) is 1.69. The van der Waals surface area contributed by atoms with E-state index >= 15 is 0 Å². The van der Waals surface area contributed by atoms with Gasteiger partial charge in [0, 0.05) is 13.2 Å². The maximum atomic E-state index is 5.88. The van der Waals surface area contributed by atoms with Crippen molar-refractivity contribution >= 4 is 0 Å². The Kier molecular flexibility index (Phi) is 4.35. The molecule has 1 aliphatic rings. The van der Waals surface area contributed by atoms with Crippen molar-refractivity contribution in [1.29, 1.82) is 0 Å². The van der Waals surface area contributed by atoms with E-state index in [2.05, 4.69) is 13.8 Å². The number of rotatable bonds is 5. The Labute approximate surface area is 86.9 Å². The Balaban J connectivity index is 2.14. The van der Waals surface area contributed by atoms with E-state index in [9.17, 15) is 0 Å². The van der Waals surface area contributed by atoms with E-state index in [1.807, 2.05) is 0 Å². The molecule has 1 heterocycles. The van der Waals surface area contributed by atoms with Gasteiger partial charge < -0.3 is 15.2 Å². The molecule has 0 bridgehead atoms. The molecule has 0 amide bonds. The molecule has 0 saturated carbocycles. The van der Waals surface area contributed by atoms with Gasteiger partial charge >= 0.3 is 0 Å². The van der Waals surface area contributed by atoms with Crippen LogP contribution in [0.2, 0.25) is 0 Å². The van der Waals surface area contributed by atoms with Gasteiger partial charge in [-0.2, -0.15) is 0 Å². The molecule has 0 aromatic heterocycles. The fraction of sp³-hybridized carbons (Fsp3) is 1.00. The van der Waals surface area contributed by atoms with E-state index < -0.39 is 0 Å². The second kappa shape index (κ2) is 5.10. The minimum absolute atomic E-state index is 0.0794. The molecule has 2 atom stereocenters. The highest BCUT2D eigenvalue weighted by Crippen LogP contribution is 2.31. The first-order valence-electron chi connectivity index (χ1n) is 5.46. The first-order chi connectivity index (χ1) is 6.53. The average Bonchev–Trinajstić information content (AvgIpc) is 2.43. The first-order valence-corrected chi connectivity index (χ1v) is 5.46. The van der Waals surface area contributed by atoms with Gasteiger partial charge in [-0.1, -0.05) is 0 Å². The van der Waals surface area contributed by atoms with Crippen LogP contribution in [0.15, 0.2) is 0 Å². The van der Waals surface area contributed by atoms with E-state index in [1.54, 1.807) is 7.11 Å². The van der Waals surface area contributed by atoms with Crippen molar-refractivity contribution in [2.75, 3.05) is 13.7 Å². The lowest BCUT2D eigenvalue weighted by atomic mass is 10.0. The highest BCUT2D eigenvalue weighted by Gasteiger charge is 2.31. The summed E-state index contributed by atoms with van der Waals surface area (Å²) in [5.74, 6) is 0. The third-order valence-corrected chi connectivity index (χ3v) is 2.79. The lowest BCUT2D eigenvalue weighted by molar-refractivity contribution is -0.0201. The van der Waals surface area contributed by atoms with E-state index in [0.717, 1.165) is 19.3 Å². The largest absolute Gasteiger partial charge is 0.383 e. The van der Waals surface area contributed by atoms with Crippen molar-refractivity contribution in [3.05, 3.63) is 0 Å². The molecule has 2 unspecified atom stereocenters. The zero-order valence-electron chi connectivity index (χ0n) is 9.58. The molecule has 84 valence electrons. The molecule has 2 N–H and O–H groups in total. The van der Waals surface area contributed by atoms with E-state index in [0.29, 0.717) is 12.7 Å². The minimum atomic E-state index is 0.0794. The van der Waals surface area contributed by atoms with Gasteiger partial charge in [-0.3, -0.25) is 0 Å². The first kappa shape index (κ1) is 12.0. The van der Waals surface area contributed by atoms with Crippen molar-refractivity contribution in [1.82, 2.24) is 0 Å². The highest BCUT2D eigenvalue weighted by molar-refractivity contribution is 4.81. The Morgan fingerprint density at radius 2 is 2.29 bits per heavy atom. The second-order valence-corrected chi connectivity index (χ2v) is 4.83. The number of ether oxygens (including phenoxy) is 2. The van der Waals surface area contributed by atoms with Gasteiger partial charge in [-0.15, -0.1) is 0 Å². The van der Waals surface area contributed by atoms with Gasteiger partial charge in [0.1, 0.15) is 0 Å². The maximum Gasteiger partial charge on any atom is 0.0631 e. The van der Waals surface area contributed by atoms with Crippen LogP contribution < -0.4 is 5.73 Å². The molecule has 0 aromatic carbocycles. The number of nitrogens with two attached hydrogens (primary N) is 1. The van der Waals surface area contributed by atoms with Gasteiger partial charge in [0.25, 0.3) is 0 Å². The summed E-state index contributed by atoms with van der Waals surface area (Å²) in [4.78, 5) is 0. The Bertz CT molecular complexity index is 171. The molecule has 1 saturated heterocycles. The summed E-state index contributed by atoms with van der Waals surface area (Å²) in [5.41, 5.74) is 5.93. The normalized spacial score (nSPS) is 27.9. The summed E-state index contributed by atoms with van der Waals surface area (Å²) >= 11 is 0. The van der Waals surface area contributed by atoms with Crippen molar-refractivity contribution in [3.63, 3.8) is 0 Å². The summed E-state index contributed by atoms with van der Waals surface area (Å²) in [6.45, 7) is 4.96. The van der Waals surface area contributed by atoms with Gasteiger partial charge in [-0.05, 0) is 39.5 Å². The van der Waals surface area contributed by atoms with Crippen LogP contribution in [-0.4, -0.2) is 31.5 Å². The maximum absolute atomic E-state index is 5.88. The van der Waals surface area contributed by atoms with E-state index in [-0.39, 0.29) is 11.6 Å². The zero-order chi connectivity index (χ0) is 10.6. The fourth-order valence-electron chi connectivity index (χ4n) is 1.98. The summed E-state index contributed by atoms with van der Waals surface area (Å²) < 4.78 is 10.9. The topological polar surface area (TPSA) is 44.5 Å². The minimum Gasteiger partial charge on any atom is -0.383 e. The molecule has 0 spiro atoms. The van der Waals surface area contributed by atoms with Gasteiger partial charge in [0.2, 0.25) is 0 Å². The third-order valence-electron chi connectivity index (χ3n) is 2.79. The fourth-order valence-corrected chi connectivity index (χ4v) is 1.98. The van der Waals surface area contributed by atoms with Crippen LogP contribution in [0.1, 0.15) is 39.5 Å². The smallest absolute Gasteiger partial charge is 0.0631 e. The monoisotopic (exact) mass is 201 g/mol. The second-order valence-electron chi connectivity index (χ2n) is 4.83. The van der Waals surface area contributed by atoms with Crippen LogP contribution in [0.5, 0.6) is 0 Å². The quantitative estimate of drug-likeness (QED) is 0.736. The average molecular weight is 201 g/mol. The van der Waals surface area contributed by atoms with E-state index in [1.165, 1.54) is 6.42 Å². The standard InChI is InChI=1S/C11H23NO2/c1-11(2)7-6-10(14-11)5-4-9(12)8-13-3/h9-10H,4-8,12H2,1-3H3.